The summed E-state index contributed by atoms with van der Waals surface area (Å²) in [5.41, 5.74) is 7.20. The summed E-state index contributed by atoms with van der Waals surface area (Å²) in [5, 5.41) is 9.33. The number of rotatable bonds is 2. The Kier molecular flexibility index (Phi) is 3.93. The quantitative estimate of drug-likeness (QED) is 0.738. The summed E-state index contributed by atoms with van der Waals surface area (Å²) < 4.78 is 38.1. The Bertz CT molecular complexity index is 965. The first-order valence-electron chi connectivity index (χ1n) is 7.20. The van der Waals surface area contributed by atoms with Crippen LogP contribution in [0.15, 0.2) is 36.5 Å². The number of pyridine rings is 1. The Morgan fingerprint density at radius 2 is 1.88 bits per heavy atom. The molecule has 25 heavy (non-hydrogen) atoms. The number of alkyl halides is 3. The molecule has 1 aromatic carbocycles. The monoisotopic (exact) mass is 343 g/mol. The van der Waals surface area contributed by atoms with Crippen LogP contribution in [0.25, 0.3) is 22.5 Å². The number of benzene rings is 1. The van der Waals surface area contributed by atoms with E-state index in [0.717, 1.165) is 12.1 Å². The predicted molar refractivity (Wildman–Crippen MR) is 86.1 cm³/mol. The van der Waals surface area contributed by atoms with Crippen molar-refractivity contribution in [3.05, 3.63) is 53.5 Å². The highest BCUT2D eigenvalue weighted by molar-refractivity contribution is 5.78. The van der Waals surface area contributed by atoms with Crippen molar-refractivity contribution in [3.8, 4) is 28.6 Å². The van der Waals surface area contributed by atoms with Crippen LogP contribution >= 0.6 is 0 Å². The largest absolute Gasteiger partial charge is 0.416 e. The molecule has 8 heteroatoms. The summed E-state index contributed by atoms with van der Waals surface area (Å²) in [5.74, 6) is 0.660. The normalized spacial score (nSPS) is 11.3. The molecule has 0 atom stereocenters. The van der Waals surface area contributed by atoms with E-state index in [1.807, 2.05) is 6.07 Å². The second-order valence-corrected chi connectivity index (χ2v) is 5.38. The number of nitriles is 1. The first kappa shape index (κ1) is 16.5. The van der Waals surface area contributed by atoms with Gasteiger partial charge < -0.3 is 10.7 Å². The number of nitrogens with two attached hydrogens (primary N) is 1. The molecule has 3 N–H and O–H groups in total. The standard InChI is InChI=1S/C17H12F3N5/c1-9-23-8-15(24-9)12-6-14(25-16(22)13(12)7-21)10-2-4-11(5-3-10)17(18,19)20/h2-6,8H,1H3,(H2,22,25)(H,23,24). The zero-order chi connectivity index (χ0) is 18.2. The molecule has 0 unspecified atom stereocenters. The molecule has 0 spiro atoms. The summed E-state index contributed by atoms with van der Waals surface area (Å²) in [6.07, 6.45) is -2.85. The van der Waals surface area contributed by atoms with Gasteiger partial charge in [-0.1, -0.05) is 12.1 Å². The van der Waals surface area contributed by atoms with E-state index in [-0.39, 0.29) is 11.4 Å². The third kappa shape index (κ3) is 3.17. The van der Waals surface area contributed by atoms with E-state index in [0.29, 0.717) is 28.3 Å². The molecule has 0 aliphatic rings. The summed E-state index contributed by atoms with van der Waals surface area (Å²) >= 11 is 0. The predicted octanol–water partition coefficient (Wildman–Crippen LogP) is 3.92. The van der Waals surface area contributed by atoms with E-state index >= 15 is 0 Å². The van der Waals surface area contributed by atoms with Crippen molar-refractivity contribution in [1.29, 1.82) is 5.26 Å². The summed E-state index contributed by atoms with van der Waals surface area (Å²) in [4.78, 5) is 11.2. The Morgan fingerprint density at radius 3 is 2.40 bits per heavy atom. The zero-order valence-corrected chi connectivity index (χ0v) is 13.0. The highest BCUT2D eigenvalue weighted by Crippen LogP contribution is 2.33. The number of aromatic amines is 1. The SMILES string of the molecule is Cc1ncc(-c2cc(-c3ccc(C(F)(F)F)cc3)nc(N)c2C#N)[nH]1. The zero-order valence-electron chi connectivity index (χ0n) is 13.0. The average molecular weight is 343 g/mol. The van der Waals surface area contributed by atoms with E-state index in [4.69, 9.17) is 5.73 Å². The fraction of sp³-hybridized carbons (Fsp3) is 0.118. The fourth-order valence-electron chi connectivity index (χ4n) is 2.43. The van der Waals surface area contributed by atoms with Crippen LogP contribution in [0.5, 0.6) is 0 Å². The van der Waals surface area contributed by atoms with Gasteiger partial charge in [0.05, 0.1) is 23.1 Å². The van der Waals surface area contributed by atoms with Crippen LogP contribution in [-0.4, -0.2) is 15.0 Å². The van der Waals surface area contributed by atoms with Gasteiger partial charge in [-0.25, -0.2) is 9.97 Å². The molecule has 0 bridgehead atoms. The summed E-state index contributed by atoms with van der Waals surface area (Å²) in [7, 11) is 0. The maximum atomic E-state index is 12.7. The Balaban J connectivity index is 2.12. The maximum absolute atomic E-state index is 12.7. The minimum atomic E-state index is -4.41. The van der Waals surface area contributed by atoms with Gasteiger partial charge in [0.1, 0.15) is 23.3 Å². The van der Waals surface area contributed by atoms with E-state index in [9.17, 15) is 18.4 Å². The topological polar surface area (TPSA) is 91.4 Å². The van der Waals surface area contributed by atoms with Crippen LogP contribution in [0.3, 0.4) is 0 Å². The number of imidazole rings is 1. The van der Waals surface area contributed by atoms with Gasteiger partial charge in [0.25, 0.3) is 0 Å². The molecule has 5 nitrogen and oxygen atoms in total. The van der Waals surface area contributed by atoms with Crippen molar-refractivity contribution in [2.75, 3.05) is 5.73 Å². The van der Waals surface area contributed by atoms with Crippen LogP contribution in [-0.2, 0) is 6.18 Å². The molecule has 0 saturated carbocycles. The Hall–Kier alpha value is -3.34. The lowest BCUT2D eigenvalue weighted by Gasteiger charge is -2.10. The number of anilines is 1. The van der Waals surface area contributed by atoms with Crippen molar-refractivity contribution < 1.29 is 13.2 Å². The second-order valence-electron chi connectivity index (χ2n) is 5.38. The molecule has 0 saturated heterocycles. The van der Waals surface area contributed by atoms with Gasteiger partial charge in [0, 0.05) is 11.1 Å². The number of aryl methyl sites for hydroxylation is 1. The summed E-state index contributed by atoms with van der Waals surface area (Å²) in [6.45, 7) is 1.76. The molecule has 0 aliphatic carbocycles. The molecule has 126 valence electrons. The van der Waals surface area contributed by atoms with Crippen LogP contribution < -0.4 is 5.73 Å². The van der Waals surface area contributed by atoms with Crippen LogP contribution in [0.2, 0.25) is 0 Å². The van der Waals surface area contributed by atoms with Crippen molar-refractivity contribution in [3.63, 3.8) is 0 Å². The van der Waals surface area contributed by atoms with Gasteiger partial charge in [-0.2, -0.15) is 18.4 Å². The second kappa shape index (κ2) is 5.94. The number of nitrogens with one attached hydrogen (secondary N) is 1. The number of H-pyrrole nitrogens is 1. The lowest BCUT2D eigenvalue weighted by atomic mass is 10.0. The first-order chi connectivity index (χ1) is 11.8. The summed E-state index contributed by atoms with van der Waals surface area (Å²) in [6, 6.07) is 8.19. The van der Waals surface area contributed by atoms with Crippen molar-refractivity contribution in [2.24, 2.45) is 0 Å². The molecule has 0 radical (unpaired) electrons. The fourth-order valence-corrected chi connectivity index (χ4v) is 2.43. The van der Waals surface area contributed by atoms with E-state index < -0.39 is 11.7 Å². The third-order valence-corrected chi connectivity index (χ3v) is 3.66. The van der Waals surface area contributed by atoms with Crippen LogP contribution in [0, 0.1) is 18.3 Å². The van der Waals surface area contributed by atoms with Gasteiger partial charge in [-0.05, 0) is 25.1 Å². The lowest BCUT2D eigenvalue weighted by Crippen LogP contribution is -2.04. The lowest BCUT2D eigenvalue weighted by molar-refractivity contribution is -0.137. The number of nitrogen functional groups attached to an aromatic ring is 1. The highest BCUT2D eigenvalue weighted by atomic mass is 19.4. The maximum Gasteiger partial charge on any atom is 0.416 e. The number of hydrogen-bond donors (Lipinski definition) is 2. The Morgan fingerprint density at radius 1 is 1.20 bits per heavy atom. The van der Waals surface area contributed by atoms with E-state index in [2.05, 4.69) is 15.0 Å². The molecule has 2 aromatic heterocycles. The van der Waals surface area contributed by atoms with E-state index in [1.165, 1.54) is 12.1 Å². The molecule has 0 aliphatic heterocycles. The van der Waals surface area contributed by atoms with Gasteiger partial charge >= 0.3 is 6.18 Å². The number of hydrogen-bond acceptors (Lipinski definition) is 4. The highest BCUT2D eigenvalue weighted by Gasteiger charge is 2.30. The van der Waals surface area contributed by atoms with Crippen molar-refractivity contribution in [2.45, 2.75) is 13.1 Å². The van der Waals surface area contributed by atoms with Gasteiger partial charge in [0.2, 0.25) is 0 Å². The number of nitrogens with zero attached hydrogens (tertiary/aromatic N) is 3. The van der Waals surface area contributed by atoms with Crippen molar-refractivity contribution >= 4 is 5.82 Å². The number of halogens is 3. The third-order valence-electron chi connectivity index (χ3n) is 3.66. The smallest absolute Gasteiger partial charge is 0.383 e. The van der Waals surface area contributed by atoms with Gasteiger partial charge in [-0.15, -0.1) is 0 Å². The molecule has 3 rings (SSSR count). The molecule has 0 fully saturated rings. The molecule has 2 heterocycles. The Labute approximate surface area is 141 Å². The number of aromatic nitrogens is 3. The van der Waals surface area contributed by atoms with Crippen molar-refractivity contribution in [1.82, 2.24) is 15.0 Å². The van der Waals surface area contributed by atoms with E-state index in [1.54, 1.807) is 19.2 Å². The molecule has 0 amide bonds. The average Bonchev–Trinajstić information content (AvgIpc) is 3.00. The molecule has 3 aromatic rings. The minimum Gasteiger partial charge on any atom is -0.383 e. The minimum absolute atomic E-state index is 0.00199. The molecular formula is C17H12F3N5. The van der Waals surface area contributed by atoms with Gasteiger partial charge in [-0.3, -0.25) is 0 Å². The first-order valence-corrected chi connectivity index (χ1v) is 7.20. The van der Waals surface area contributed by atoms with Crippen LogP contribution in [0.1, 0.15) is 17.0 Å². The van der Waals surface area contributed by atoms with Crippen LogP contribution in [0.4, 0.5) is 19.0 Å². The molecular weight excluding hydrogens is 331 g/mol. The van der Waals surface area contributed by atoms with Gasteiger partial charge in [0.15, 0.2) is 0 Å².